The van der Waals surface area contributed by atoms with E-state index in [2.05, 4.69) is 5.32 Å². The molecule has 0 aromatic heterocycles. The van der Waals surface area contributed by atoms with Gasteiger partial charge < -0.3 is 10.1 Å². The van der Waals surface area contributed by atoms with E-state index in [1.807, 2.05) is 31.2 Å². The summed E-state index contributed by atoms with van der Waals surface area (Å²) in [6, 6.07) is 12.6. The zero-order valence-electron chi connectivity index (χ0n) is 14.8. The zero-order valence-corrected chi connectivity index (χ0v) is 15.6. The van der Waals surface area contributed by atoms with E-state index in [-0.39, 0.29) is 17.5 Å². The maximum atomic E-state index is 12.8. The fourth-order valence-corrected chi connectivity index (χ4v) is 3.11. The first-order valence-corrected chi connectivity index (χ1v) is 8.62. The molecule has 134 valence electrons. The van der Waals surface area contributed by atoms with E-state index >= 15 is 0 Å². The molecule has 26 heavy (non-hydrogen) atoms. The van der Waals surface area contributed by atoms with Gasteiger partial charge in [-0.2, -0.15) is 0 Å². The largest absolute Gasteiger partial charge is 0.495 e. The molecule has 0 atom stereocenters. The minimum atomic E-state index is -0.347. The highest BCUT2D eigenvalue weighted by Gasteiger charge is 2.38. The fraction of sp³-hybridized carbons (Fsp3) is 0.200. The van der Waals surface area contributed by atoms with Crippen molar-refractivity contribution in [3.63, 3.8) is 0 Å². The molecule has 1 heterocycles. The highest BCUT2D eigenvalue weighted by atomic mass is 35.5. The average Bonchev–Trinajstić information content (AvgIpc) is 2.86. The standard InChI is InChI=1S/C20H19ClN2O3/c1-4-23-19(24)17(13-7-5-12(2)6-8-13)18(20(23)25)22-14-9-10-16(26-3)15(21)11-14/h5-11,22H,4H2,1-3H3. The molecule has 3 rings (SSSR count). The van der Waals surface area contributed by atoms with Gasteiger partial charge in [0.1, 0.15) is 11.4 Å². The lowest BCUT2D eigenvalue weighted by molar-refractivity contribution is -0.136. The number of amides is 2. The van der Waals surface area contributed by atoms with Crippen LogP contribution in [0.1, 0.15) is 18.1 Å². The summed E-state index contributed by atoms with van der Waals surface area (Å²) < 4.78 is 5.14. The van der Waals surface area contributed by atoms with E-state index in [0.29, 0.717) is 34.1 Å². The molecular weight excluding hydrogens is 352 g/mol. The first-order valence-electron chi connectivity index (χ1n) is 8.24. The van der Waals surface area contributed by atoms with Crippen LogP contribution >= 0.6 is 11.6 Å². The molecule has 6 heteroatoms. The smallest absolute Gasteiger partial charge is 0.278 e. The fourth-order valence-electron chi connectivity index (χ4n) is 2.86. The lowest BCUT2D eigenvalue weighted by Gasteiger charge is -2.12. The highest BCUT2D eigenvalue weighted by molar-refractivity contribution is 6.36. The van der Waals surface area contributed by atoms with Crippen LogP contribution in [0.4, 0.5) is 5.69 Å². The Hall–Kier alpha value is -2.79. The van der Waals surface area contributed by atoms with E-state index in [1.165, 1.54) is 12.0 Å². The zero-order chi connectivity index (χ0) is 18.8. The number of nitrogens with one attached hydrogen (secondary N) is 1. The summed E-state index contributed by atoms with van der Waals surface area (Å²) >= 11 is 6.16. The summed E-state index contributed by atoms with van der Waals surface area (Å²) in [5.74, 6) is -0.113. The third-order valence-corrected chi connectivity index (χ3v) is 4.54. The molecule has 0 fully saturated rings. The Morgan fingerprint density at radius 1 is 1.08 bits per heavy atom. The van der Waals surface area contributed by atoms with Gasteiger partial charge in [-0.05, 0) is 37.6 Å². The predicted molar refractivity (Wildman–Crippen MR) is 102 cm³/mol. The lowest BCUT2D eigenvalue weighted by Crippen LogP contribution is -2.32. The van der Waals surface area contributed by atoms with Crippen LogP contribution < -0.4 is 10.1 Å². The molecule has 1 N–H and O–H groups in total. The van der Waals surface area contributed by atoms with Crippen molar-refractivity contribution >= 4 is 34.7 Å². The van der Waals surface area contributed by atoms with Crippen LogP contribution in [0.5, 0.6) is 5.75 Å². The van der Waals surface area contributed by atoms with Crippen molar-refractivity contribution in [2.45, 2.75) is 13.8 Å². The number of anilines is 1. The molecule has 0 saturated heterocycles. The van der Waals surface area contributed by atoms with Crippen molar-refractivity contribution in [2.75, 3.05) is 19.0 Å². The van der Waals surface area contributed by atoms with Gasteiger partial charge in [0.15, 0.2) is 0 Å². The number of carbonyl (C=O) groups excluding carboxylic acids is 2. The molecule has 2 amide bonds. The summed E-state index contributed by atoms with van der Waals surface area (Å²) in [4.78, 5) is 26.7. The minimum Gasteiger partial charge on any atom is -0.495 e. The monoisotopic (exact) mass is 370 g/mol. The number of carbonyl (C=O) groups is 2. The van der Waals surface area contributed by atoms with Crippen LogP contribution in [0.2, 0.25) is 5.02 Å². The van der Waals surface area contributed by atoms with Crippen LogP contribution in [-0.2, 0) is 9.59 Å². The molecule has 1 aliphatic heterocycles. The molecule has 1 aliphatic rings. The van der Waals surface area contributed by atoms with Crippen molar-refractivity contribution in [2.24, 2.45) is 0 Å². The van der Waals surface area contributed by atoms with Crippen LogP contribution in [0.15, 0.2) is 48.2 Å². The Morgan fingerprint density at radius 3 is 2.35 bits per heavy atom. The van der Waals surface area contributed by atoms with Crippen LogP contribution in [0, 0.1) is 6.92 Å². The second-order valence-electron chi connectivity index (χ2n) is 5.94. The van der Waals surface area contributed by atoms with Crippen LogP contribution in [0.3, 0.4) is 0 Å². The van der Waals surface area contributed by atoms with Gasteiger partial charge in [0, 0.05) is 12.2 Å². The number of likely N-dealkylation sites (N-methyl/N-ethyl adjacent to an activating group) is 1. The van der Waals surface area contributed by atoms with Crippen molar-refractivity contribution in [3.05, 3.63) is 64.3 Å². The van der Waals surface area contributed by atoms with E-state index < -0.39 is 0 Å². The number of methoxy groups -OCH3 is 1. The maximum Gasteiger partial charge on any atom is 0.278 e. The van der Waals surface area contributed by atoms with Gasteiger partial charge in [-0.15, -0.1) is 0 Å². The van der Waals surface area contributed by atoms with Gasteiger partial charge in [0.05, 0.1) is 17.7 Å². The topological polar surface area (TPSA) is 58.6 Å². The van der Waals surface area contributed by atoms with E-state index in [4.69, 9.17) is 16.3 Å². The maximum absolute atomic E-state index is 12.8. The second kappa shape index (κ2) is 7.22. The summed E-state index contributed by atoms with van der Waals surface area (Å²) in [6.45, 7) is 4.05. The van der Waals surface area contributed by atoms with Crippen molar-refractivity contribution in [1.29, 1.82) is 0 Å². The van der Waals surface area contributed by atoms with Gasteiger partial charge in [-0.25, -0.2) is 0 Å². The molecule has 0 aliphatic carbocycles. The van der Waals surface area contributed by atoms with E-state index in [9.17, 15) is 9.59 Å². The molecule has 0 bridgehead atoms. The van der Waals surface area contributed by atoms with Gasteiger partial charge in [-0.3, -0.25) is 14.5 Å². The number of imide groups is 1. The average molecular weight is 371 g/mol. The number of rotatable bonds is 5. The third-order valence-electron chi connectivity index (χ3n) is 4.25. The SMILES string of the molecule is CCN1C(=O)C(Nc2ccc(OC)c(Cl)c2)=C(c2ccc(C)cc2)C1=O. The Balaban J connectivity index is 2.06. The first kappa shape index (κ1) is 18.0. The molecule has 0 radical (unpaired) electrons. The van der Waals surface area contributed by atoms with Gasteiger partial charge in [0.25, 0.3) is 11.8 Å². The Morgan fingerprint density at radius 2 is 1.77 bits per heavy atom. The van der Waals surface area contributed by atoms with E-state index in [1.54, 1.807) is 25.1 Å². The summed E-state index contributed by atoms with van der Waals surface area (Å²) in [5.41, 5.74) is 3.00. The molecule has 0 spiro atoms. The quantitative estimate of drug-likeness (QED) is 0.812. The Labute approximate surface area is 157 Å². The number of aryl methyl sites for hydroxylation is 1. The van der Waals surface area contributed by atoms with Crippen LogP contribution in [0.25, 0.3) is 5.57 Å². The normalized spacial score (nSPS) is 14.2. The Kier molecular flexibility index (Phi) is 5.00. The molecular formula is C20H19ClN2O3. The lowest BCUT2D eigenvalue weighted by atomic mass is 10.0. The number of benzene rings is 2. The molecule has 0 saturated carbocycles. The molecule has 5 nitrogen and oxygen atoms in total. The molecule has 2 aromatic rings. The summed E-state index contributed by atoms with van der Waals surface area (Å²) in [5, 5.41) is 3.48. The summed E-state index contributed by atoms with van der Waals surface area (Å²) in [6.07, 6.45) is 0. The van der Waals surface area contributed by atoms with E-state index in [0.717, 1.165) is 5.56 Å². The van der Waals surface area contributed by atoms with Gasteiger partial charge in [0.2, 0.25) is 0 Å². The van der Waals surface area contributed by atoms with Gasteiger partial charge >= 0.3 is 0 Å². The Bertz CT molecular complexity index is 904. The number of nitrogens with zero attached hydrogens (tertiary/aromatic N) is 1. The predicted octanol–water partition coefficient (Wildman–Crippen LogP) is 3.87. The van der Waals surface area contributed by atoms with Crippen molar-refractivity contribution in [3.8, 4) is 5.75 Å². The molecule has 2 aromatic carbocycles. The highest BCUT2D eigenvalue weighted by Crippen LogP contribution is 2.33. The number of halogens is 1. The first-order chi connectivity index (χ1) is 12.5. The van der Waals surface area contributed by atoms with Crippen molar-refractivity contribution in [1.82, 2.24) is 4.90 Å². The second-order valence-corrected chi connectivity index (χ2v) is 6.35. The third kappa shape index (κ3) is 3.18. The van der Waals surface area contributed by atoms with Gasteiger partial charge in [-0.1, -0.05) is 41.4 Å². The molecule has 0 unspecified atom stereocenters. The van der Waals surface area contributed by atoms with Crippen LogP contribution in [-0.4, -0.2) is 30.4 Å². The minimum absolute atomic E-state index is 0.252. The number of hydrogen-bond acceptors (Lipinski definition) is 4. The summed E-state index contributed by atoms with van der Waals surface area (Å²) in [7, 11) is 1.53. The number of hydrogen-bond donors (Lipinski definition) is 1. The number of ether oxygens (including phenoxy) is 1. The van der Waals surface area contributed by atoms with Crippen molar-refractivity contribution < 1.29 is 14.3 Å².